The number of rotatable bonds is 7. The summed E-state index contributed by atoms with van der Waals surface area (Å²) in [7, 11) is 0. The van der Waals surface area contributed by atoms with Crippen molar-refractivity contribution in [3.8, 4) is 11.5 Å². The Balaban J connectivity index is 1.54. The quantitative estimate of drug-likeness (QED) is 0.454. The number of amides is 1. The predicted molar refractivity (Wildman–Crippen MR) is 103 cm³/mol. The fraction of sp³-hybridized carbons (Fsp3) is 0.227. The summed E-state index contributed by atoms with van der Waals surface area (Å²) in [6, 6.07) is 12.2. The Bertz CT molecular complexity index is 919. The maximum absolute atomic E-state index is 12.1. The van der Waals surface area contributed by atoms with E-state index in [2.05, 4.69) is 11.9 Å². The summed E-state index contributed by atoms with van der Waals surface area (Å²) in [6.07, 6.45) is 3.34. The average Bonchev–Trinajstić information content (AvgIpc) is 2.71. The molecule has 28 heavy (non-hydrogen) atoms. The molecule has 2 aromatic rings. The number of carbonyl (C=O) groups is 3. The molecule has 1 amide bonds. The number of para-hydroxylation sites is 1. The van der Waals surface area contributed by atoms with Gasteiger partial charge in [0.2, 0.25) is 0 Å². The van der Waals surface area contributed by atoms with E-state index in [9.17, 15) is 14.4 Å². The normalized spacial score (nSPS) is 12.6. The van der Waals surface area contributed by atoms with E-state index in [1.165, 1.54) is 0 Å². The van der Waals surface area contributed by atoms with Gasteiger partial charge in [0, 0.05) is 30.2 Å². The number of esters is 1. The van der Waals surface area contributed by atoms with E-state index < -0.39 is 5.97 Å². The van der Waals surface area contributed by atoms with E-state index in [1.807, 2.05) is 6.07 Å². The van der Waals surface area contributed by atoms with Gasteiger partial charge in [0.15, 0.2) is 12.4 Å². The van der Waals surface area contributed by atoms with Gasteiger partial charge in [-0.2, -0.15) is 0 Å². The van der Waals surface area contributed by atoms with E-state index in [1.54, 1.807) is 36.4 Å². The molecule has 0 radical (unpaired) electrons. The van der Waals surface area contributed by atoms with Gasteiger partial charge in [-0.1, -0.05) is 24.8 Å². The van der Waals surface area contributed by atoms with Crippen molar-refractivity contribution in [2.24, 2.45) is 0 Å². The van der Waals surface area contributed by atoms with Gasteiger partial charge in [0.25, 0.3) is 5.91 Å². The zero-order chi connectivity index (χ0) is 19.9. The molecule has 0 bridgehead atoms. The lowest BCUT2D eigenvalue weighted by Crippen LogP contribution is -2.28. The Labute approximate surface area is 163 Å². The maximum Gasteiger partial charge on any atom is 0.335 e. The minimum atomic E-state index is -0.562. The molecule has 2 aromatic carbocycles. The molecular weight excluding hydrogens is 358 g/mol. The van der Waals surface area contributed by atoms with E-state index in [0.29, 0.717) is 23.5 Å². The molecule has 0 heterocycles. The number of hydrogen-bond donors (Lipinski definition) is 1. The van der Waals surface area contributed by atoms with Crippen molar-refractivity contribution in [1.82, 2.24) is 5.32 Å². The molecular formula is C22H21NO5. The van der Waals surface area contributed by atoms with Crippen LogP contribution in [0.15, 0.2) is 55.1 Å². The van der Waals surface area contributed by atoms with Crippen LogP contribution in [0.1, 0.15) is 34.3 Å². The summed E-state index contributed by atoms with van der Waals surface area (Å²) in [6.45, 7) is 3.41. The molecule has 0 atom stereocenters. The Morgan fingerprint density at radius 1 is 1.14 bits per heavy atom. The number of carbonyl (C=O) groups excluding carboxylic acids is 3. The van der Waals surface area contributed by atoms with Crippen LogP contribution >= 0.6 is 0 Å². The molecule has 0 aromatic heterocycles. The van der Waals surface area contributed by atoms with Gasteiger partial charge in [0.05, 0.1) is 0 Å². The second kappa shape index (κ2) is 8.99. The molecule has 0 spiro atoms. The number of aryl methyl sites for hydroxylation is 1. The first-order chi connectivity index (χ1) is 13.6. The maximum atomic E-state index is 12.1. The molecule has 0 saturated carbocycles. The third-order valence-electron chi connectivity index (χ3n) is 4.42. The standard InChI is InChI=1S/C22H21NO5/c1-2-22(26)28-20-9-4-3-6-16(20)13-23-21(25)14-27-17-10-11-18-15(12-17)7-5-8-19(18)24/h2-4,6,9-12H,1,5,7-8,13-14H2,(H,23,25). The molecule has 6 nitrogen and oxygen atoms in total. The summed E-state index contributed by atoms with van der Waals surface area (Å²) >= 11 is 0. The Morgan fingerprint density at radius 2 is 1.96 bits per heavy atom. The van der Waals surface area contributed by atoms with E-state index in [4.69, 9.17) is 9.47 Å². The average molecular weight is 379 g/mol. The van der Waals surface area contributed by atoms with Crippen LogP contribution in [0, 0.1) is 0 Å². The zero-order valence-electron chi connectivity index (χ0n) is 15.4. The topological polar surface area (TPSA) is 81.7 Å². The first-order valence-corrected chi connectivity index (χ1v) is 9.04. The predicted octanol–water partition coefficient (Wildman–Crippen LogP) is 2.99. The van der Waals surface area contributed by atoms with Crippen molar-refractivity contribution in [3.63, 3.8) is 0 Å². The highest BCUT2D eigenvalue weighted by atomic mass is 16.5. The highest BCUT2D eigenvalue weighted by Crippen LogP contribution is 2.25. The van der Waals surface area contributed by atoms with Crippen LogP contribution in [-0.4, -0.2) is 24.3 Å². The van der Waals surface area contributed by atoms with Gasteiger partial charge in [-0.05, 0) is 42.7 Å². The molecule has 0 fully saturated rings. The highest BCUT2D eigenvalue weighted by molar-refractivity contribution is 5.98. The lowest BCUT2D eigenvalue weighted by molar-refractivity contribution is -0.129. The van der Waals surface area contributed by atoms with Crippen molar-refractivity contribution in [1.29, 1.82) is 0 Å². The summed E-state index contributed by atoms with van der Waals surface area (Å²) in [5.41, 5.74) is 2.37. The van der Waals surface area contributed by atoms with Crippen molar-refractivity contribution < 1.29 is 23.9 Å². The van der Waals surface area contributed by atoms with E-state index in [0.717, 1.165) is 30.0 Å². The molecule has 6 heteroatoms. The van der Waals surface area contributed by atoms with Gasteiger partial charge >= 0.3 is 5.97 Å². The van der Waals surface area contributed by atoms with Crippen LogP contribution < -0.4 is 14.8 Å². The number of ketones is 1. The summed E-state index contributed by atoms with van der Waals surface area (Å²) < 4.78 is 10.7. The second-order valence-corrected chi connectivity index (χ2v) is 6.39. The zero-order valence-corrected chi connectivity index (χ0v) is 15.4. The monoisotopic (exact) mass is 379 g/mol. The fourth-order valence-electron chi connectivity index (χ4n) is 3.01. The van der Waals surface area contributed by atoms with E-state index >= 15 is 0 Å². The highest BCUT2D eigenvalue weighted by Gasteiger charge is 2.17. The van der Waals surface area contributed by atoms with Crippen molar-refractivity contribution in [2.75, 3.05) is 6.61 Å². The first kappa shape index (κ1) is 19.4. The van der Waals surface area contributed by atoms with E-state index in [-0.39, 0.29) is 24.8 Å². The van der Waals surface area contributed by atoms with Gasteiger partial charge in [-0.15, -0.1) is 0 Å². The van der Waals surface area contributed by atoms with Crippen LogP contribution in [0.25, 0.3) is 0 Å². The van der Waals surface area contributed by atoms with Gasteiger partial charge < -0.3 is 14.8 Å². The molecule has 1 aliphatic carbocycles. The Hall–Kier alpha value is -3.41. The number of Topliss-reactive ketones (excluding diaryl/α,β-unsaturated/α-hetero) is 1. The lowest BCUT2D eigenvalue weighted by atomic mass is 9.91. The molecule has 1 aliphatic rings. The second-order valence-electron chi connectivity index (χ2n) is 6.39. The smallest absolute Gasteiger partial charge is 0.335 e. The molecule has 0 saturated heterocycles. The number of fused-ring (bicyclic) bond motifs is 1. The Morgan fingerprint density at radius 3 is 2.79 bits per heavy atom. The van der Waals surface area contributed by atoms with Crippen LogP contribution in [0.4, 0.5) is 0 Å². The molecule has 0 aliphatic heterocycles. The number of nitrogens with one attached hydrogen (secondary N) is 1. The van der Waals surface area contributed by atoms with Crippen LogP contribution in [0.3, 0.4) is 0 Å². The largest absolute Gasteiger partial charge is 0.484 e. The minimum absolute atomic E-state index is 0.151. The van der Waals surface area contributed by atoms with Crippen LogP contribution in [0.2, 0.25) is 0 Å². The molecule has 3 rings (SSSR count). The van der Waals surface area contributed by atoms with Crippen molar-refractivity contribution >= 4 is 17.7 Å². The fourth-order valence-corrected chi connectivity index (χ4v) is 3.01. The van der Waals surface area contributed by atoms with Gasteiger partial charge in [-0.3, -0.25) is 9.59 Å². The van der Waals surface area contributed by atoms with Gasteiger partial charge in [0.1, 0.15) is 11.5 Å². The Kier molecular flexibility index (Phi) is 6.22. The molecule has 1 N–H and O–H groups in total. The summed E-state index contributed by atoms with van der Waals surface area (Å²) in [5.74, 6) is 0.213. The molecule has 0 unspecified atom stereocenters. The van der Waals surface area contributed by atoms with Crippen molar-refractivity contribution in [3.05, 3.63) is 71.8 Å². The van der Waals surface area contributed by atoms with Crippen LogP contribution in [0.5, 0.6) is 11.5 Å². The van der Waals surface area contributed by atoms with Gasteiger partial charge in [-0.25, -0.2) is 4.79 Å². The molecule has 144 valence electrons. The third-order valence-corrected chi connectivity index (χ3v) is 4.42. The number of hydrogen-bond acceptors (Lipinski definition) is 5. The van der Waals surface area contributed by atoms with Crippen LogP contribution in [-0.2, 0) is 22.6 Å². The third kappa shape index (κ3) is 4.85. The summed E-state index contributed by atoms with van der Waals surface area (Å²) in [4.78, 5) is 35.3. The van der Waals surface area contributed by atoms with Crippen molar-refractivity contribution in [2.45, 2.75) is 25.8 Å². The first-order valence-electron chi connectivity index (χ1n) is 9.04. The minimum Gasteiger partial charge on any atom is -0.484 e. The number of ether oxygens (including phenoxy) is 2. The lowest BCUT2D eigenvalue weighted by Gasteiger charge is -2.16. The number of benzene rings is 2. The SMILES string of the molecule is C=CC(=O)Oc1ccccc1CNC(=O)COc1ccc2c(c1)CCCC2=O. The summed E-state index contributed by atoms with van der Waals surface area (Å²) in [5, 5.41) is 2.74.